The van der Waals surface area contributed by atoms with E-state index in [1.165, 1.54) is 0 Å². The molecule has 0 aliphatic carbocycles. The Hall–Kier alpha value is -2.74. The van der Waals surface area contributed by atoms with Gasteiger partial charge in [-0.3, -0.25) is 4.79 Å². The zero-order valence-corrected chi connectivity index (χ0v) is 12.9. The molecule has 0 amide bonds. The molecule has 0 bridgehead atoms. The van der Waals surface area contributed by atoms with Gasteiger partial charge < -0.3 is 15.6 Å². The molecule has 3 N–H and O–H groups in total. The van der Waals surface area contributed by atoms with Crippen LogP contribution in [0.3, 0.4) is 0 Å². The number of halogens is 1. The highest BCUT2D eigenvalue weighted by Gasteiger charge is 2.19. The van der Waals surface area contributed by atoms with Crippen molar-refractivity contribution >= 4 is 11.3 Å². The Bertz CT molecular complexity index is 928. The molecule has 1 aliphatic heterocycles. The molecule has 8 heteroatoms. The van der Waals surface area contributed by atoms with Crippen molar-refractivity contribution in [2.45, 2.75) is 18.9 Å². The number of aromatic amines is 1. The van der Waals surface area contributed by atoms with Crippen LogP contribution >= 0.6 is 0 Å². The molecule has 124 valence electrons. The van der Waals surface area contributed by atoms with Crippen LogP contribution in [0.15, 0.2) is 35.4 Å². The van der Waals surface area contributed by atoms with E-state index in [9.17, 15) is 9.18 Å². The van der Waals surface area contributed by atoms with Gasteiger partial charge in [-0.25, -0.2) is 9.50 Å². The molecule has 0 aromatic carbocycles. The molecule has 0 spiro atoms. The minimum atomic E-state index is -0.888. The lowest BCUT2D eigenvalue weighted by Crippen LogP contribution is -2.39. The molecular weight excluding hydrogens is 311 g/mol. The second-order valence-corrected chi connectivity index (χ2v) is 5.85. The highest BCUT2D eigenvalue weighted by molar-refractivity contribution is 5.75. The van der Waals surface area contributed by atoms with Crippen molar-refractivity contribution in [3.63, 3.8) is 0 Å². The number of anilines is 1. The Balaban J connectivity index is 1.75. The van der Waals surface area contributed by atoms with Gasteiger partial charge in [-0.2, -0.15) is 9.49 Å². The first-order valence-electron chi connectivity index (χ1n) is 7.92. The predicted molar refractivity (Wildman–Crippen MR) is 88.5 cm³/mol. The number of nitrogens with zero attached hydrogens (tertiary/aromatic N) is 3. The maximum absolute atomic E-state index is 14.2. The van der Waals surface area contributed by atoms with E-state index < -0.39 is 11.4 Å². The second kappa shape index (κ2) is 6.04. The van der Waals surface area contributed by atoms with Gasteiger partial charge in [0, 0.05) is 18.8 Å². The number of aromatic nitrogens is 4. The average molecular weight is 328 g/mol. The molecule has 1 atom stereocenters. The van der Waals surface area contributed by atoms with Crippen molar-refractivity contribution < 1.29 is 4.39 Å². The topological polar surface area (TPSA) is 87.1 Å². The van der Waals surface area contributed by atoms with E-state index in [0.29, 0.717) is 11.4 Å². The molecule has 7 nitrogen and oxygen atoms in total. The van der Waals surface area contributed by atoms with E-state index in [0.717, 1.165) is 31.4 Å². The number of hydrogen-bond donors (Lipinski definition) is 3. The largest absolute Gasteiger partial charge is 0.363 e. The second-order valence-electron chi connectivity index (χ2n) is 5.85. The molecule has 0 radical (unpaired) electrons. The van der Waals surface area contributed by atoms with Crippen molar-refractivity contribution in [2.24, 2.45) is 0 Å². The van der Waals surface area contributed by atoms with E-state index in [-0.39, 0.29) is 11.9 Å². The van der Waals surface area contributed by atoms with E-state index in [1.807, 2.05) is 18.2 Å². The predicted octanol–water partition coefficient (Wildman–Crippen LogP) is 1.39. The summed E-state index contributed by atoms with van der Waals surface area (Å²) in [5.41, 5.74) is 0.650. The summed E-state index contributed by atoms with van der Waals surface area (Å²) < 4.78 is 15.9. The number of fused-ring (bicyclic) bond motifs is 1. The van der Waals surface area contributed by atoms with Gasteiger partial charge in [-0.15, -0.1) is 0 Å². The minimum absolute atomic E-state index is 0.0160. The average Bonchev–Trinajstić information content (AvgIpc) is 3.04. The summed E-state index contributed by atoms with van der Waals surface area (Å²) >= 11 is 0. The molecule has 0 saturated carbocycles. The third-order valence-corrected chi connectivity index (χ3v) is 4.18. The van der Waals surface area contributed by atoms with Crippen LogP contribution in [-0.2, 0) is 0 Å². The standard InChI is InChI=1S/C16H17FN6O/c17-13-15(20-10-4-3-6-18-8-10)21-14(22-16(13)24)11-9-19-23-7-2-1-5-12(11)23/h1-2,5,7,9-10,18H,3-4,6,8H2,(H2,20,21,22,24)/t10-/m1/s1. The molecule has 3 aromatic rings. The van der Waals surface area contributed by atoms with E-state index in [2.05, 4.69) is 25.7 Å². The van der Waals surface area contributed by atoms with Crippen molar-refractivity contribution in [1.29, 1.82) is 0 Å². The number of nitrogens with one attached hydrogen (secondary N) is 3. The first-order valence-corrected chi connectivity index (χ1v) is 7.92. The zero-order valence-electron chi connectivity index (χ0n) is 12.9. The monoisotopic (exact) mass is 328 g/mol. The Morgan fingerprint density at radius 3 is 3.12 bits per heavy atom. The van der Waals surface area contributed by atoms with Crippen LogP contribution in [0.2, 0.25) is 0 Å². The van der Waals surface area contributed by atoms with Crippen LogP contribution in [0, 0.1) is 5.82 Å². The lowest BCUT2D eigenvalue weighted by molar-refractivity contribution is 0.475. The van der Waals surface area contributed by atoms with Crippen molar-refractivity contribution in [2.75, 3.05) is 18.4 Å². The lowest BCUT2D eigenvalue weighted by atomic mass is 10.1. The van der Waals surface area contributed by atoms with Crippen molar-refractivity contribution in [1.82, 2.24) is 24.9 Å². The van der Waals surface area contributed by atoms with Gasteiger partial charge in [-0.1, -0.05) is 6.07 Å². The maximum Gasteiger partial charge on any atom is 0.289 e. The molecule has 4 rings (SSSR count). The number of H-pyrrole nitrogens is 1. The number of pyridine rings is 1. The summed E-state index contributed by atoms with van der Waals surface area (Å²) in [4.78, 5) is 18.8. The Kier molecular flexibility index (Phi) is 3.73. The number of piperidine rings is 1. The first kappa shape index (κ1) is 14.8. The van der Waals surface area contributed by atoms with E-state index >= 15 is 0 Å². The Labute approximate surface area is 136 Å². The maximum atomic E-state index is 14.2. The van der Waals surface area contributed by atoms with Crippen LogP contribution in [0.1, 0.15) is 12.8 Å². The molecule has 1 aliphatic rings. The Morgan fingerprint density at radius 2 is 2.29 bits per heavy atom. The molecular formula is C16H17FN6O. The fourth-order valence-electron chi connectivity index (χ4n) is 2.97. The van der Waals surface area contributed by atoms with Gasteiger partial charge in [0.15, 0.2) is 5.82 Å². The normalized spacial score (nSPS) is 18.0. The third kappa shape index (κ3) is 2.65. The quantitative estimate of drug-likeness (QED) is 0.676. The summed E-state index contributed by atoms with van der Waals surface area (Å²) in [6, 6.07) is 5.64. The number of hydrogen-bond acceptors (Lipinski definition) is 5. The first-order chi connectivity index (χ1) is 11.7. The summed E-state index contributed by atoms with van der Waals surface area (Å²) in [7, 11) is 0. The summed E-state index contributed by atoms with van der Waals surface area (Å²) in [5, 5.41) is 10.5. The van der Waals surface area contributed by atoms with E-state index in [1.54, 1.807) is 16.9 Å². The fraction of sp³-hybridized carbons (Fsp3) is 0.312. The summed E-state index contributed by atoms with van der Waals surface area (Å²) in [6.07, 6.45) is 5.32. The zero-order chi connectivity index (χ0) is 16.5. The lowest BCUT2D eigenvalue weighted by Gasteiger charge is -2.24. The molecule has 0 unspecified atom stereocenters. The van der Waals surface area contributed by atoms with Gasteiger partial charge in [0.25, 0.3) is 5.56 Å². The molecule has 24 heavy (non-hydrogen) atoms. The fourth-order valence-corrected chi connectivity index (χ4v) is 2.97. The highest BCUT2D eigenvalue weighted by atomic mass is 19.1. The van der Waals surface area contributed by atoms with Crippen LogP contribution in [0.25, 0.3) is 16.9 Å². The summed E-state index contributed by atoms with van der Waals surface area (Å²) in [6.45, 7) is 1.68. The molecule has 3 aromatic heterocycles. The van der Waals surface area contributed by atoms with Crippen LogP contribution in [0.5, 0.6) is 0 Å². The van der Waals surface area contributed by atoms with Crippen LogP contribution in [0.4, 0.5) is 10.2 Å². The number of rotatable bonds is 3. The summed E-state index contributed by atoms with van der Waals surface area (Å²) in [5.74, 6) is -0.604. The minimum Gasteiger partial charge on any atom is -0.363 e. The van der Waals surface area contributed by atoms with Crippen LogP contribution in [-0.4, -0.2) is 38.7 Å². The van der Waals surface area contributed by atoms with Crippen LogP contribution < -0.4 is 16.2 Å². The van der Waals surface area contributed by atoms with Gasteiger partial charge in [-0.05, 0) is 31.5 Å². The third-order valence-electron chi connectivity index (χ3n) is 4.18. The van der Waals surface area contributed by atoms with Crippen molar-refractivity contribution in [3.8, 4) is 11.4 Å². The van der Waals surface area contributed by atoms with E-state index in [4.69, 9.17) is 0 Å². The van der Waals surface area contributed by atoms with Crippen molar-refractivity contribution in [3.05, 3.63) is 46.8 Å². The molecule has 1 saturated heterocycles. The SMILES string of the molecule is O=c1[nH]c(-c2cnn3ccccc23)nc(N[C@@H]2CCCNC2)c1F. The molecule has 4 heterocycles. The van der Waals surface area contributed by atoms with Gasteiger partial charge in [0.2, 0.25) is 5.82 Å². The van der Waals surface area contributed by atoms with Gasteiger partial charge >= 0.3 is 0 Å². The van der Waals surface area contributed by atoms with Gasteiger partial charge in [0.1, 0.15) is 5.82 Å². The molecule has 1 fully saturated rings. The highest BCUT2D eigenvalue weighted by Crippen LogP contribution is 2.22. The Morgan fingerprint density at radius 1 is 1.38 bits per heavy atom. The smallest absolute Gasteiger partial charge is 0.289 e. The van der Waals surface area contributed by atoms with Gasteiger partial charge in [0.05, 0.1) is 17.3 Å².